The zero-order valence-corrected chi connectivity index (χ0v) is 23.4. The molecule has 2 aliphatic rings. The van der Waals surface area contributed by atoms with Crippen molar-refractivity contribution in [1.82, 2.24) is 25.0 Å². The number of piperidine rings is 1. The Labute approximate surface area is 249 Å². The summed E-state index contributed by atoms with van der Waals surface area (Å²) in [5.41, 5.74) is 0.0748. The molecule has 43 heavy (non-hydrogen) atoms. The smallest absolute Gasteiger partial charge is 0.412 e. The SMILES string of the molecule is O=C1Nc2ccc(Cl)c(F)c2[C@@]2(CCCN(C(=O)[C@H](Cc3ccccc3)NC(=O)c3ccc(-n4cn[nH]c4=O)cc3)C2)O1. The first-order valence-electron chi connectivity index (χ1n) is 13.6. The van der Waals surface area contributed by atoms with Crippen LogP contribution in [0.3, 0.4) is 0 Å². The van der Waals surface area contributed by atoms with Gasteiger partial charge in [0.1, 0.15) is 12.4 Å². The molecule has 6 rings (SSSR count). The van der Waals surface area contributed by atoms with Gasteiger partial charge in [0, 0.05) is 18.5 Å². The molecule has 2 aliphatic heterocycles. The van der Waals surface area contributed by atoms with Gasteiger partial charge in [-0.25, -0.2) is 23.6 Å². The first-order chi connectivity index (χ1) is 20.7. The maximum Gasteiger partial charge on any atom is 0.412 e. The second-order valence-corrected chi connectivity index (χ2v) is 10.9. The molecule has 0 bridgehead atoms. The van der Waals surface area contributed by atoms with E-state index in [0.29, 0.717) is 18.7 Å². The molecule has 2 atom stereocenters. The van der Waals surface area contributed by atoms with Crippen molar-refractivity contribution < 1.29 is 23.5 Å². The minimum absolute atomic E-state index is 0.0950. The first kappa shape index (κ1) is 28.2. The zero-order chi connectivity index (χ0) is 30.1. The topological polar surface area (TPSA) is 138 Å². The van der Waals surface area contributed by atoms with Crippen molar-refractivity contribution in [2.24, 2.45) is 0 Å². The van der Waals surface area contributed by atoms with Crippen LogP contribution in [0, 0.1) is 5.82 Å². The first-order valence-corrected chi connectivity index (χ1v) is 14.0. The summed E-state index contributed by atoms with van der Waals surface area (Å²) in [6.45, 7) is 0.206. The highest BCUT2D eigenvalue weighted by Crippen LogP contribution is 2.45. The Morgan fingerprint density at radius 1 is 1.09 bits per heavy atom. The van der Waals surface area contributed by atoms with Crippen LogP contribution in [0.15, 0.2) is 77.9 Å². The van der Waals surface area contributed by atoms with E-state index in [0.717, 1.165) is 5.56 Å². The van der Waals surface area contributed by atoms with Gasteiger partial charge in [-0.2, -0.15) is 5.10 Å². The molecule has 3 N–H and O–H groups in total. The van der Waals surface area contributed by atoms with Crippen LogP contribution in [-0.2, 0) is 21.6 Å². The summed E-state index contributed by atoms with van der Waals surface area (Å²) < 4.78 is 22.4. The highest BCUT2D eigenvalue weighted by Gasteiger charge is 2.49. The Kier molecular flexibility index (Phi) is 7.45. The Bertz CT molecular complexity index is 1760. The van der Waals surface area contributed by atoms with Crippen LogP contribution < -0.4 is 16.3 Å². The number of ether oxygens (including phenoxy) is 1. The molecule has 0 saturated carbocycles. The molecule has 11 nitrogen and oxygen atoms in total. The molecule has 220 valence electrons. The average Bonchev–Trinajstić information content (AvgIpc) is 3.44. The Balaban J connectivity index is 1.27. The van der Waals surface area contributed by atoms with Crippen LogP contribution in [-0.4, -0.2) is 56.7 Å². The zero-order valence-electron chi connectivity index (χ0n) is 22.7. The largest absolute Gasteiger partial charge is 0.436 e. The number of halogens is 2. The highest BCUT2D eigenvalue weighted by atomic mass is 35.5. The van der Waals surface area contributed by atoms with Crippen LogP contribution in [0.4, 0.5) is 14.9 Å². The fraction of sp³-hybridized carbons (Fsp3) is 0.233. The number of hydrogen-bond acceptors (Lipinski definition) is 6. The van der Waals surface area contributed by atoms with Gasteiger partial charge in [-0.3, -0.25) is 14.9 Å². The van der Waals surface area contributed by atoms with Crippen LogP contribution in [0.5, 0.6) is 0 Å². The Morgan fingerprint density at radius 2 is 1.86 bits per heavy atom. The van der Waals surface area contributed by atoms with Crippen molar-refractivity contribution in [3.63, 3.8) is 0 Å². The summed E-state index contributed by atoms with van der Waals surface area (Å²) in [4.78, 5) is 53.3. The van der Waals surface area contributed by atoms with Gasteiger partial charge in [-0.05, 0) is 54.8 Å². The number of aromatic amines is 1. The summed E-state index contributed by atoms with van der Waals surface area (Å²) in [6.07, 6.45) is 1.48. The molecule has 1 spiro atoms. The number of benzene rings is 3. The molecule has 0 aliphatic carbocycles. The fourth-order valence-electron chi connectivity index (χ4n) is 5.68. The number of carbonyl (C=O) groups excluding carboxylic acids is 3. The number of anilines is 1. The molecule has 3 aromatic carbocycles. The lowest BCUT2D eigenvalue weighted by Crippen LogP contribution is -2.57. The lowest BCUT2D eigenvalue weighted by molar-refractivity contribution is -0.141. The van der Waals surface area contributed by atoms with E-state index in [4.69, 9.17) is 16.3 Å². The van der Waals surface area contributed by atoms with Gasteiger partial charge in [0.15, 0.2) is 11.4 Å². The van der Waals surface area contributed by atoms with E-state index in [1.54, 1.807) is 24.3 Å². The molecule has 1 fully saturated rings. The van der Waals surface area contributed by atoms with E-state index in [2.05, 4.69) is 20.8 Å². The van der Waals surface area contributed by atoms with E-state index in [-0.39, 0.29) is 41.2 Å². The van der Waals surface area contributed by atoms with E-state index >= 15 is 4.39 Å². The third-order valence-corrected chi connectivity index (χ3v) is 7.98. The van der Waals surface area contributed by atoms with Gasteiger partial charge < -0.3 is 15.0 Å². The van der Waals surface area contributed by atoms with E-state index in [1.165, 1.54) is 27.9 Å². The fourth-order valence-corrected chi connectivity index (χ4v) is 5.84. The van der Waals surface area contributed by atoms with Gasteiger partial charge >= 0.3 is 11.8 Å². The number of likely N-dealkylation sites (tertiary alicyclic amines) is 1. The van der Waals surface area contributed by atoms with Crippen LogP contribution >= 0.6 is 11.6 Å². The minimum atomic E-state index is -1.44. The number of aromatic nitrogens is 3. The molecular weight excluding hydrogens is 579 g/mol. The number of nitrogens with one attached hydrogen (secondary N) is 3. The molecule has 3 amide bonds. The average molecular weight is 605 g/mol. The van der Waals surface area contributed by atoms with Gasteiger partial charge in [0.25, 0.3) is 5.91 Å². The number of amides is 3. The standard InChI is InChI=1S/C30H26ClFN6O5/c31-21-11-12-22-24(25(21)32)30(43-29(42)35-22)13-4-14-37(16-30)27(40)23(15-18-5-2-1-3-6-18)34-26(39)19-7-9-20(10-8-19)38-17-33-36-28(38)41/h1-3,5-12,17,23H,4,13-16H2,(H,34,39)(H,35,42)(H,36,41)/t23-,30-/m0/s1. The molecule has 0 unspecified atom stereocenters. The third-order valence-electron chi connectivity index (χ3n) is 7.69. The maximum atomic E-state index is 15.4. The third kappa shape index (κ3) is 5.48. The van der Waals surface area contributed by atoms with Gasteiger partial charge in [0.2, 0.25) is 5.91 Å². The predicted octanol–water partition coefficient (Wildman–Crippen LogP) is 3.77. The number of rotatable bonds is 6. The van der Waals surface area contributed by atoms with E-state index in [9.17, 15) is 19.2 Å². The van der Waals surface area contributed by atoms with E-state index < -0.39 is 41.1 Å². The summed E-state index contributed by atoms with van der Waals surface area (Å²) >= 11 is 6.09. The summed E-state index contributed by atoms with van der Waals surface area (Å²) in [5.74, 6) is -1.62. The molecule has 13 heteroatoms. The number of hydrogen-bond donors (Lipinski definition) is 3. The highest BCUT2D eigenvalue weighted by molar-refractivity contribution is 6.31. The van der Waals surface area contributed by atoms with Gasteiger partial charge in [-0.15, -0.1) is 0 Å². The lowest BCUT2D eigenvalue weighted by atomic mass is 9.82. The summed E-state index contributed by atoms with van der Waals surface area (Å²) in [5, 5.41) is 11.3. The monoisotopic (exact) mass is 604 g/mol. The quantitative estimate of drug-likeness (QED) is 0.306. The van der Waals surface area contributed by atoms with Crippen molar-refractivity contribution >= 4 is 35.2 Å². The second-order valence-electron chi connectivity index (χ2n) is 10.5. The second kappa shape index (κ2) is 11.4. The predicted molar refractivity (Wildman–Crippen MR) is 155 cm³/mol. The Morgan fingerprint density at radius 3 is 2.58 bits per heavy atom. The van der Waals surface area contributed by atoms with Crippen molar-refractivity contribution in [3.8, 4) is 5.69 Å². The molecule has 1 aromatic heterocycles. The number of carbonyl (C=O) groups is 3. The molecule has 4 aromatic rings. The van der Waals surface area contributed by atoms with Crippen LogP contribution in [0.25, 0.3) is 5.69 Å². The van der Waals surface area contributed by atoms with Crippen molar-refractivity contribution in [1.29, 1.82) is 0 Å². The Hall–Kier alpha value is -4.97. The number of fused-ring (bicyclic) bond motifs is 2. The van der Waals surface area contributed by atoms with Crippen LogP contribution in [0.1, 0.15) is 34.3 Å². The van der Waals surface area contributed by atoms with Gasteiger partial charge in [0.05, 0.1) is 28.5 Å². The molecule has 3 heterocycles. The summed E-state index contributed by atoms with van der Waals surface area (Å²) in [7, 11) is 0. The number of H-pyrrole nitrogens is 1. The van der Waals surface area contributed by atoms with Crippen molar-refractivity contribution in [2.75, 3.05) is 18.4 Å². The molecular formula is C30H26ClFN6O5. The van der Waals surface area contributed by atoms with E-state index in [1.807, 2.05) is 30.3 Å². The summed E-state index contributed by atoms with van der Waals surface area (Å²) in [6, 6.07) is 17.4. The molecule has 1 saturated heterocycles. The maximum absolute atomic E-state index is 15.4. The lowest BCUT2D eigenvalue weighted by Gasteiger charge is -2.45. The van der Waals surface area contributed by atoms with Crippen LogP contribution in [0.2, 0.25) is 5.02 Å². The number of nitrogens with zero attached hydrogens (tertiary/aromatic N) is 3. The normalized spacial score (nSPS) is 18.4. The van der Waals surface area contributed by atoms with Gasteiger partial charge in [-0.1, -0.05) is 41.9 Å². The van der Waals surface area contributed by atoms with Crippen molar-refractivity contribution in [3.05, 3.63) is 111 Å². The minimum Gasteiger partial charge on any atom is -0.436 e. The van der Waals surface area contributed by atoms with Crippen molar-refractivity contribution in [2.45, 2.75) is 30.9 Å². The molecule has 0 radical (unpaired) electrons.